The van der Waals surface area contributed by atoms with E-state index in [1.54, 1.807) is 0 Å². The van der Waals surface area contributed by atoms with Crippen LogP contribution in [0.2, 0.25) is 0 Å². The van der Waals surface area contributed by atoms with Gasteiger partial charge in [0.2, 0.25) is 5.91 Å². The van der Waals surface area contributed by atoms with E-state index >= 15 is 0 Å². The van der Waals surface area contributed by atoms with Gasteiger partial charge in [0.15, 0.2) is 0 Å². The monoisotopic (exact) mass is 505 g/mol. The van der Waals surface area contributed by atoms with E-state index in [2.05, 4.69) is 70.1 Å². The van der Waals surface area contributed by atoms with Gasteiger partial charge in [-0.25, -0.2) is 0 Å². The van der Waals surface area contributed by atoms with Crippen LogP contribution in [0, 0.1) is 23.7 Å². The molecule has 0 spiro atoms. The van der Waals surface area contributed by atoms with Crippen molar-refractivity contribution in [1.29, 1.82) is 0 Å². The Morgan fingerprint density at radius 3 is 2.18 bits per heavy atom. The smallest absolute Gasteiger partial charge is 0.251 e. The standard InChI is InChI=1S/C33H35N3O2/c37-32(24-11-5-2-6-12-24)35-30-23-17-15-21(16-18-23)28(30)33(38)36-20-19-26-29(22-9-3-1-4-10-22)34-27-14-8-7-13-25(27)31(26)36/h1-14,21,23,26,28-31,34H,15-20H2,(H,35,37)/t21?,23?,26?,28-,29?,30+,31?/m0/s1. The number of likely N-dealkylation sites (tertiary alicyclic amines) is 1. The highest BCUT2D eigenvalue weighted by Crippen LogP contribution is 2.53. The number of carbonyl (C=O) groups excluding carboxylic acids is 2. The normalized spacial score (nSPS) is 31.2. The molecule has 0 aromatic heterocycles. The molecular formula is C33H35N3O2. The minimum atomic E-state index is -0.147. The van der Waals surface area contributed by atoms with Crippen LogP contribution in [0.5, 0.6) is 0 Å². The molecule has 2 heterocycles. The summed E-state index contributed by atoms with van der Waals surface area (Å²) in [6.07, 6.45) is 5.35. The number of fused-ring (bicyclic) bond motifs is 6. The first kappa shape index (κ1) is 23.5. The van der Waals surface area contributed by atoms with Gasteiger partial charge in [-0.15, -0.1) is 0 Å². The Balaban J connectivity index is 1.21. The highest BCUT2D eigenvalue weighted by Gasteiger charge is 2.53. The number of nitrogens with one attached hydrogen (secondary N) is 2. The zero-order chi connectivity index (χ0) is 25.6. The van der Waals surface area contributed by atoms with Gasteiger partial charge < -0.3 is 15.5 Å². The lowest BCUT2D eigenvalue weighted by Gasteiger charge is -2.50. The van der Waals surface area contributed by atoms with Gasteiger partial charge >= 0.3 is 0 Å². The SMILES string of the molecule is O=C(N[C@@H]1C2CCC(CC2)[C@@H]1C(=O)N1CCC2C(c3ccccc3)Nc3ccccc3C21)c1ccccc1. The molecular weight excluding hydrogens is 470 g/mol. The van der Waals surface area contributed by atoms with E-state index in [9.17, 15) is 9.59 Å². The Hall–Kier alpha value is -3.60. The Morgan fingerprint density at radius 2 is 1.42 bits per heavy atom. The largest absolute Gasteiger partial charge is 0.378 e. The quantitative estimate of drug-likeness (QED) is 0.459. The number of hydrogen-bond acceptors (Lipinski definition) is 3. The molecule has 2 N–H and O–H groups in total. The maximum absolute atomic E-state index is 14.6. The first-order chi connectivity index (χ1) is 18.7. The minimum absolute atomic E-state index is 0.0519. The molecule has 2 amide bonds. The summed E-state index contributed by atoms with van der Waals surface area (Å²) in [5.74, 6) is 1.07. The third-order valence-electron chi connectivity index (χ3n) is 9.74. The van der Waals surface area contributed by atoms with Crippen molar-refractivity contribution in [3.8, 4) is 0 Å². The second kappa shape index (κ2) is 9.61. The van der Waals surface area contributed by atoms with E-state index in [-0.39, 0.29) is 35.9 Å². The average Bonchev–Trinajstić information content (AvgIpc) is 3.43. The fourth-order valence-corrected chi connectivity index (χ4v) is 7.99. The van der Waals surface area contributed by atoms with Gasteiger partial charge in [0.05, 0.1) is 18.0 Å². The van der Waals surface area contributed by atoms with Gasteiger partial charge in [0.25, 0.3) is 5.91 Å². The number of rotatable bonds is 4. The van der Waals surface area contributed by atoms with Crippen molar-refractivity contribution < 1.29 is 9.59 Å². The molecule has 2 aliphatic heterocycles. The predicted octanol–water partition coefficient (Wildman–Crippen LogP) is 5.98. The van der Waals surface area contributed by atoms with Crippen molar-refractivity contribution in [2.45, 2.75) is 50.2 Å². The fourth-order valence-electron chi connectivity index (χ4n) is 7.99. The highest BCUT2D eigenvalue weighted by atomic mass is 16.2. The number of nitrogens with zero attached hydrogens (tertiary/aromatic N) is 1. The van der Waals surface area contributed by atoms with Crippen molar-refractivity contribution in [3.63, 3.8) is 0 Å². The summed E-state index contributed by atoms with van der Waals surface area (Å²) < 4.78 is 0. The molecule has 38 heavy (non-hydrogen) atoms. The third-order valence-corrected chi connectivity index (χ3v) is 9.74. The lowest BCUT2D eigenvalue weighted by Crippen LogP contribution is -2.58. The number of amides is 2. The van der Waals surface area contributed by atoms with Crippen LogP contribution in [0.15, 0.2) is 84.9 Å². The molecule has 5 atom stereocenters. The number of benzene rings is 3. The zero-order valence-corrected chi connectivity index (χ0v) is 21.6. The lowest BCUT2D eigenvalue weighted by atomic mass is 9.61. The molecule has 4 fully saturated rings. The molecule has 3 aliphatic carbocycles. The van der Waals surface area contributed by atoms with Crippen LogP contribution in [-0.4, -0.2) is 29.3 Å². The van der Waals surface area contributed by atoms with Gasteiger partial charge in [0, 0.05) is 29.8 Å². The molecule has 3 aromatic rings. The van der Waals surface area contributed by atoms with Gasteiger partial charge in [-0.05, 0) is 73.3 Å². The summed E-state index contributed by atoms with van der Waals surface area (Å²) >= 11 is 0. The molecule has 3 unspecified atom stereocenters. The van der Waals surface area contributed by atoms with Crippen molar-refractivity contribution in [3.05, 3.63) is 102 Å². The second-order valence-corrected chi connectivity index (χ2v) is 11.6. The van der Waals surface area contributed by atoms with Gasteiger partial charge in [-0.2, -0.15) is 0 Å². The number of para-hydroxylation sites is 1. The summed E-state index contributed by atoms with van der Waals surface area (Å²) in [6.45, 7) is 0.765. The maximum Gasteiger partial charge on any atom is 0.251 e. The van der Waals surface area contributed by atoms with Crippen LogP contribution in [0.1, 0.15) is 65.7 Å². The molecule has 2 bridgehead atoms. The Labute approximate surface area is 224 Å². The van der Waals surface area contributed by atoms with E-state index in [1.807, 2.05) is 30.3 Å². The first-order valence-corrected chi connectivity index (χ1v) is 14.3. The zero-order valence-electron chi connectivity index (χ0n) is 21.6. The van der Waals surface area contributed by atoms with Gasteiger partial charge in [-0.3, -0.25) is 9.59 Å². The van der Waals surface area contributed by atoms with Crippen LogP contribution >= 0.6 is 0 Å². The molecule has 5 heteroatoms. The number of carbonyl (C=O) groups is 2. The van der Waals surface area contributed by atoms with E-state index in [1.165, 1.54) is 11.1 Å². The van der Waals surface area contributed by atoms with Crippen LogP contribution < -0.4 is 10.6 Å². The van der Waals surface area contributed by atoms with E-state index in [0.29, 0.717) is 23.3 Å². The van der Waals surface area contributed by atoms with E-state index in [4.69, 9.17) is 0 Å². The van der Waals surface area contributed by atoms with Crippen LogP contribution in [0.4, 0.5) is 5.69 Å². The van der Waals surface area contributed by atoms with E-state index < -0.39 is 0 Å². The topological polar surface area (TPSA) is 61.4 Å². The minimum Gasteiger partial charge on any atom is -0.378 e. The Kier molecular flexibility index (Phi) is 5.95. The Morgan fingerprint density at radius 1 is 0.763 bits per heavy atom. The molecule has 3 saturated carbocycles. The summed E-state index contributed by atoms with van der Waals surface area (Å²) in [7, 11) is 0. The fraction of sp³-hybridized carbons (Fsp3) is 0.394. The maximum atomic E-state index is 14.6. The summed E-state index contributed by atoms with van der Waals surface area (Å²) in [5.41, 5.74) is 4.29. The molecule has 3 aromatic carbocycles. The van der Waals surface area contributed by atoms with Crippen LogP contribution in [0.3, 0.4) is 0 Å². The van der Waals surface area contributed by atoms with E-state index in [0.717, 1.165) is 44.3 Å². The molecule has 194 valence electrons. The summed E-state index contributed by atoms with van der Waals surface area (Å²) in [6, 6.07) is 28.7. The lowest BCUT2D eigenvalue weighted by molar-refractivity contribution is -0.144. The molecule has 1 saturated heterocycles. The van der Waals surface area contributed by atoms with Gasteiger partial charge in [-0.1, -0.05) is 66.7 Å². The highest BCUT2D eigenvalue weighted by molar-refractivity contribution is 5.95. The van der Waals surface area contributed by atoms with Crippen molar-refractivity contribution in [2.75, 3.05) is 11.9 Å². The van der Waals surface area contributed by atoms with Crippen molar-refractivity contribution in [2.24, 2.45) is 23.7 Å². The van der Waals surface area contributed by atoms with Gasteiger partial charge in [0.1, 0.15) is 0 Å². The number of hydrogen-bond donors (Lipinski definition) is 2. The molecule has 5 nitrogen and oxygen atoms in total. The van der Waals surface area contributed by atoms with Crippen LogP contribution in [0.25, 0.3) is 0 Å². The summed E-state index contributed by atoms with van der Waals surface area (Å²) in [5, 5.41) is 7.16. The average molecular weight is 506 g/mol. The first-order valence-electron chi connectivity index (χ1n) is 14.3. The molecule has 5 aliphatic rings. The summed E-state index contributed by atoms with van der Waals surface area (Å²) in [4.78, 5) is 30.0. The molecule has 0 radical (unpaired) electrons. The second-order valence-electron chi connectivity index (χ2n) is 11.6. The predicted molar refractivity (Wildman–Crippen MR) is 148 cm³/mol. The van der Waals surface area contributed by atoms with Crippen LogP contribution in [-0.2, 0) is 4.79 Å². The molecule has 8 rings (SSSR count). The van der Waals surface area contributed by atoms with Crippen molar-refractivity contribution in [1.82, 2.24) is 10.2 Å². The Bertz CT molecular complexity index is 1320. The number of anilines is 1. The van der Waals surface area contributed by atoms with Crippen molar-refractivity contribution >= 4 is 17.5 Å². The third kappa shape index (κ3) is 3.91.